The zero-order valence-electron chi connectivity index (χ0n) is 26.0. The van der Waals surface area contributed by atoms with E-state index in [1.807, 2.05) is 60.7 Å². The molecule has 2 heterocycles. The average molecular weight is 615 g/mol. The number of carbonyl (C=O) groups excluding carboxylic acids is 2. The summed E-state index contributed by atoms with van der Waals surface area (Å²) in [6, 6.07) is 23.2. The second kappa shape index (κ2) is 16.5. The third-order valence-electron chi connectivity index (χ3n) is 8.56. The highest BCUT2D eigenvalue weighted by molar-refractivity contribution is 5.93. The molecule has 2 fully saturated rings. The van der Waals surface area contributed by atoms with Gasteiger partial charge in [-0.3, -0.25) is 9.59 Å². The van der Waals surface area contributed by atoms with Crippen molar-refractivity contribution in [2.24, 2.45) is 0 Å². The van der Waals surface area contributed by atoms with Crippen LogP contribution < -0.4 is 16.4 Å². The molecule has 0 unspecified atom stereocenters. The highest BCUT2D eigenvalue weighted by atomic mass is 16.7. The van der Waals surface area contributed by atoms with E-state index >= 15 is 0 Å². The van der Waals surface area contributed by atoms with E-state index in [1.54, 1.807) is 12.1 Å². The van der Waals surface area contributed by atoms with E-state index in [-0.39, 0.29) is 30.6 Å². The van der Waals surface area contributed by atoms with Crippen LogP contribution in [-0.4, -0.2) is 47.6 Å². The van der Waals surface area contributed by atoms with Gasteiger partial charge in [0.1, 0.15) is 0 Å². The predicted molar refractivity (Wildman–Crippen MR) is 175 cm³/mol. The summed E-state index contributed by atoms with van der Waals surface area (Å²) in [7, 11) is 0. The number of nitrogens with two attached hydrogens (primary N) is 1. The third-order valence-corrected chi connectivity index (χ3v) is 8.56. The summed E-state index contributed by atoms with van der Waals surface area (Å²) in [6.07, 6.45) is 5.94. The Kier molecular flexibility index (Phi) is 12.0. The number of unbranched alkanes of at least 4 members (excludes halogenated alkanes) is 1. The van der Waals surface area contributed by atoms with Crippen molar-refractivity contribution in [3.8, 4) is 0 Å². The molecule has 2 aliphatic rings. The molecule has 0 saturated carbocycles. The number of carbonyl (C=O) groups is 2. The minimum atomic E-state index is -0.491. The summed E-state index contributed by atoms with van der Waals surface area (Å²) in [5, 5.41) is 15.3. The summed E-state index contributed by atoms with van der Waals surface area (Å²) in [5.41, 5.74) is 10.9. The van der Waals surface area contributed by atoms with E-state index in [4.69, 9.17) is 15.2 Å². The van der Waals surface area contributed by atoms with Crippen molar-refractivity contribution in [3.05, 3.63) is 95.1 Å². The van der Waals surface area contributed by atoms with Gasteiger partial charge in [0.2, 0.25) is 11.8 Å². The molecule has 0 aromatic heterocycles. The van der Waals surface area contributed by atoms with Gasteiger partial charge >= 0.3 is 0 Å². The number of likely N-dealkylation sites (tertiary alicyclic amines) is 1. The molecular weight excluding hydrogens is 568 g/mol. The Labute approximate surface area is 266 Å². The van der Waals surface area contributed by atoms with Crippen LogP contribution in [0.3, 0.4) is 0 Å². The van der Waals surface area contributed by atoms with Crippen LogP contribution in [-0.2, 0) is 32.2 Å². The lowest BCUT2D eigenvalue weighted by atomic mass is 9.99. The third kappa shape index (κ3) is 9.86. The van der Waals surface area contributed by atoms with E-state index in [2.05, 4.69) is 15.5 Å². The van der Waals surface area contributed by atoms with E-state index in [9.17, 15) is 14.7 Å². The average Bonchev–Trinajstić information content (AvgIpc) is 3.07. The van der Waals surface area contributed by atoms with E-state index in [0.717, 1.165) is 48.3 Å². The number of benzene rings is 3. The van der Waals surface area contributed by atoms with E-state index in [1.165, 1.54) is 19.3 Å². The van der Waals surface area contributed by atoms with E-state index in [0.29, 0.717) is 43.6 Å². The molecule has 9 heteroatoms. The maximum absolute atomic E-state index is 12.4. The molecule has 2 aliphatic heterocycles. The summed E-state index contributed by atoms with van der Waals surface area (Å²) in [4.78, 5) is 27.1. The van der Waals surface area contributed by atoms with Crippen LogP contribution in [0, 0.1) is 0 Å². The number of nitrogens with one attached hydrogen (secondary N) is 2. The zero-order chi connectivity index (χ0) is 31.4. The van der Waals surface area contributed by atoms with Gasteiger partial charge in [-0.2, -0.15) is 0 Å². The van der Waals surface area contributed by atoms with Gasteiger partial charge < -0.3 is 35.8 Å². The molecule has 9 nitrogen and oxygen atoms in total. The van der Waals surface area contributed by atoms with Crippen LogP contribution in [0.2, 0.25) is 0 Å². The molecule has 240 valence electrons. The van der Waals surface area contributed by atoms with Crippen LogP contribution in [0.25, 0.3) is 0 Å². The first-order chi connectivity index (χ1) is 22.0. The lowest BCUT2D eigenvalue weighted by molar-refractivity contribution is -0.253. The Balaban J connectivity index is 1.09. The van der Waals surface area contributed by atoms with E-state index < -0.39 is 6.29 Å². The van der Waals surface area contributed by atoms with Crippen molar-refractivity contribution < 1.29 is 24.2 Å². The molecule has 5 rings (SSSR count). The largest absolute Gasteiger partial charge is 0.397 e. The standard InChI is InChI=1S/C36H46N4O5/c37-31-8-2-3-9-32(31)39-35(43)11-5-4-10-34(42)38-23-26-12-18-29(19-13-26)36-44-30(24-40-20-6-1-7-21-40)22-33(45-36)28-16-14-27(25-41)15-17-28/h2-3,8-9,12-19,30,33,36,41H,1,4-7,10-11,20-25,37H2,(H,38,42)(H,39,43)/t30-,33+,36+/m1/s1. The van der Waals surface area contributed by atoms with Crippen LogP contribution in [0.5, 0.6) is 0 Å². The van der Waals surface area contributed by atoms with Gasteiger partial charge in [-0.25, -0.2) is 0 Å². The number of piperidine rings is 1. The quantitative estimate of drug-likeness (QED) is 0.146. The number of para-hydroxylation sites is 2. The summed E-state index contributed by atoms with van der Waals surface area (Å²) in [5.74, 6) is -0.149. The molecule has 45 heavy (non-hydrogen) atoms. The fourth-order valence-electron chi connectivity index (χ4n) is 5.94. The fraction of sp³-hybridized carbons (Fsp3) is 0.444. The molecule has 3 atom stereocenters. The highest BCUT2D eigenvalue weighted by Crippen LogP contribution is 2.38. The number of nitrogen functional groups attached to an aromatic ring is 1. The van der Waals surface area contributed by atoms with Crippen molar-refractivity contribution in [3.63, 3.8) is 0 Å². The Morgan fingerprint density at radius 1 is 0.822 bits per heavy atom. The topological polar surface area (TPSA) is 126 Å². The molecule has 0 spiro atoms. The normalized spacial score (nSPS) is 20.4. The smallest absolute Gasteiger partial charge is 0.224 e. The first kappa shape index (κ1) is 32.6. The van der Waals surface area contributed by atoms with Crippen molar-refractivity contribution in [2.75, 3.05) is 30.7 Å². The Morgan fingerprint density at radius 3 is 2.20 bits per heavy atom. The molecule has 3 aromatic rings. The van der Waals surface area contributed by atoms with Gasteiger partial charge in [0, 0.05) is 37.9 Å². The molecule has 0 radical (unpaired) electrons. The number of ether oxygens (including phenoxy) is 2. The minimum Gasteiger partial charge on any atom is -0.397 e. The summed E-state index contributed by atoms with van der Waals surface area (Å²) >= 11 is 0. The first-order valence-corrected chi connectivity index (χ1v) is 16.2. The lowest BCUT2D eigenvalue weighted by Crippen LogP contribution is -2.41. The SMILES string of the molecule is Nc1ccccc1NC(=O)CCCCC(=O)NCc1ccc([C@H]2O[C@@H](CN3CCCCC3)C[C@@H](c3ccc(CO)cc3)O2)cc1. The Morgan fingerprint density at radius 2 is 1.49 bits per heavy atom. The lowest BCUT2D eigenvalue weighted by Gasteiger charge is -2.39. The molecular formula is C36H46N4O5. The fourth-order valence-corrected chi connectivity index (χ4v) is 5.94. The number of nitrogens with zero attached hydrogens (tertiary/aromatic N) is 1. The number of aliphatic hydroxyl groups is 1. The summed E-state index contributed by atoms with van der Waals surface area (Å²) < 4.78 is 13.0. The molecule has 0 aliphatic carbocycles. The van der Waals surface area contributed by atoms with Crippen molar-refractivity contribution in [1.29, 1.82) is 0 Å². The van der Waals surface area contributed by atoms with Crippen LogP contribution in [0.1, 0.15) is 86.0 Å². The molecule has 3 aromatic carbocycles. The Bertz CT molecular complexity index is 1370. The van der Waals surface area contributed by atoms with Gasteiger partial charge in [0.15, 0.2) is 6.29 Å². The van der Waals surface area contributed by atoms with Gasteiger partial charge in [-0.05, 0) is 67.6 Å². The minimum absolute atomic E-state index is 0.0199. The number of hydrogen-bond acceptors (Lipinski definition) is 7. The molecule has 0 bridgehead atoms. The maximum atomic E-state index is 12.4. The monoisotopic (exact) mass is 614 g/mol. The van der Waals surface area contributed by atoms with Crippen molar-refractivity contribution >= 4 is 23.2 Å². The van der Waals surface area contributed by atoms with Gasteiger partial charge in [-0.15, -0.1) is 0 Å². The molecule has 2 saturated heterocycles. The molecule has 2 amide bonds. The second-order valence-corrected chi connectivity index (χ2v) is 12.1. The number of amides is 2. The van der Waals surface area contributed by atoms with Crippen LogP contribution >= 0.6 is 0 Å². The number of aliphatic hydroxyl groups excluding tert-OH is 1. The van der Waals surface area contributed by atoms with Crippen LogP contribution in [0.15, 0.2) is 72.8 Å². The second-order valence-electron chi connectivity index (χ2n) is 12.1. The van der Waals surface area contributed by atoms with Crippen LogP contribution in [0.4, 0.5) is 11.4 Å². The molecule has 5 N–H and O–H groups in total. The van der Waals surface area contributed by atoms with Crippen molar-refractivity contribution in [1.82, 2.24) is 10.2 Å². The predicted octanol–water partition coefficient (Wildman–Crippen LogP) is 5.61. The number of anilines is 2. The maximum Gasteiger partial charge on any atom is 0.224 e. The van der Waals surface area contributed by atoms with Gasteiger partial charge in [-0.1, -0.05) is 67.1 Å². The zero-order valence-corrected chi connectivity index (χ0v) is 26.0. The van der Waals surface area contributed by atoms with Crippen molar-refractivity contribution in [2.45, 2.75) is 83.0 Å². The summed E-state index contributed by atoms with van der Waals surface area (Å²) in [6.45, 7) is 3.56. The number of rotatable bonds is 13. The Hall–Kier alpha value is -3.76. The number of hydrogen-bond donors (Lipinski definition) is 4. The highest BCUT2D eigenvalue weighted by Gasteiger charge is 2.33. The first-order valence-electron chi connectivity index (χ1n) is 16.2. The van der Waals surface area contributed by atoms with Gasteiger partial charge in [0.05, 0.1) is 30.2 Å². The van der Waals surface area contributed by atoms with Gasteiger partial charge in [0.25, 0.3) is 0 Å².